The molecule has 0 aliphatic heterocycles. The maximum atomic E-state index is 11.7. The van der Waals surface area contributed by atoms with Crippen LogP contribution < -0.4 is 10.6 Å². The second kappa shape index (κ2) is 6.52. The van der Waals surface area contributed by atoms with Crippen molar-refractivity contribution in [1.82, 2.24) is 5.32 Å². The summed E-state index contributed by atoms with van der Waals surface area (Å²) in [5.74, 6) is -1.31. The lowest BCUT2D eigenvalue weighted by Crippen LogP contribution is -2.34. The number of carbonyl (C=O) groups excluding carboxylic acids is 2. The molecular formula is C16H16N2O2. The second-order valence-corrected chi connectivity index (χ2v) is 4.49. The van der Waals surface area contributed by atoms with Gasteiger partial charge in [-0.15, -0.1) is 0 Å². The van der Waals surface area contributed by atoms with Crippen molar-refractivity contribution in [2.75, 3.05) is 5.32 Å². The molecule has 0 saturated heterocycles. The molecule has 2 N–H and O–H groups in total. The van der Waals surface area contributed by atoms with E-state index in [1.807, 2.05) is 37.3 Å². The SMILES string of the molecule is Cc1cccc(CNC(=O)C(=O)Nc2ccccc2)c1. The molecule has 0 saturated carbocycles. The fourth-order valence-corrected chi connectivity index (χ4v) is 1.79. The quantitative estimate of drug-likeness (QED) is 0.839. The van der Waals surface area contributed by atoms with Crippen molar-refractivity contribution in [2.45, 2.75) is 13.5 Å². The summed E-state index contributed by atoms with van der Waals surface area (Å²) in [5, 5.41) is 5.13. The minimum Gasteiger partial charge on any atom is -0.344 e. The minimum atomic E-state index is -0.663. The molecule has 0 bridgehead atoms. The number of amides is 2. The molecule has 102 valence electrons. The number of anilines is 1. The fraction of sp³-hybridized carbons (Fsp3) is 0.125. The molecule has 0 atom stereocenters. The van der Waals surface area contributed by atoms with Gasteiger partial charge in [-0.05, 0) is 24.6 Å². The summed E-state index contributed by atoms with van der Waals surface area (Å²) in [5.41, 5.74) is 2.68. The molecule has 20 heavy (non-hydrogen) atoms. The summed E-state index contributed by atoms with van der Waals surface area (Å²) in [6, 6.07) is 16.7. The highest BCUT2D eigenvalue weighted by Crippen LogP contribution is 2.05. The van der Waals surface area contributed by atoms with Gasteiger partial charge in [-0.25, -0.2) is 0 Å². The highest BCUT2D eigenvalue weighted by Gasteiger charge is 2.12. The lowest BCUT2D eigenvalue weighted by atomic mass is 10.1. The van der Waals surface area contributed by atoms with Crippen LogP contribution in [0.4, 0.5) is 5.69 Å². The predicted octanol–water partition coefficient (Wildman–Crippen LogP) is 2.25. The largest absolute Gasteiger partial charge is 0.344 e. The topological polar surface area (TPSA) is 58.2 Å². The second-order valence-electron chi connectivity index (χ2n) is 4.49. The zero-order chi connectivity index (χ0) is 14.4. The summed E-state index contributed by atoms with van der Waals surface area (Å²) in [7, 11) is 0. The van der Waals surface area contributed by atoms with E-state index in [1.54, 1.807) is 24.3 Å². The van der Waals surface area contributed by atoms with Gasteiger partial charge in [0.15, 0.2) is 0 Å². The van der Waals surface area contributed by atoms with E-state index in [-0.39, 0.29) is 0 Å². The number of rotatable bonds is 3. The minimum absolute atomic E-state index is 0.336. The highest BCUT2D eigenvalue weighted by molar-refractivity contribution is 6.39. The van der Waals surface area contributed by atoms with Crippen molar-refractivity contribution in [1.29, 1.82) is 0 Å². The molecule has 2 amide bonds. The number of carbonyl (C=O) groups is 2. The number of benzene rings is 2. The van der Waals surface area contributed by atoms with Crippen molar-refractivity contribution < 1.29 is 9.59 Å². The summed E-state index contributed by atoms with van der Waals surface area (Å²) < 4.78 is 0. The van der Waals surface area contributed by atoms with Crippen LogP contribution in [0.3, 0.4) is 0 Å². The van der Waals surface area contributed by atoms with Gasteiger partial charge in [0.1, 0.15) is 0 Å². The highest BCUT2D eigenvalue weighted by atomic mass is 16.2. The summed E-state index contributed by atoms with van der Waals surface area (Å²) in [6.45, 7) is 2.32. The molecule has 2 aromatic carbocycles. The Morgan fingerprint density at radius 2 is 1.70 bits per heavy atom. The Balaban J connectivity index is 1.87. The third kappa shape index (κ3) is 3.95. The van der Waals surface area contributed by atoms with E-state index in [0.29, 0.717) is 12.2 Å². The van der Waals surface area contributed by atoms with Crippen LogP contribution in [-0.4, -0.2) is 11.8 Å². The number of hydrogen-bond acceptors (Lipinski definition) is 2. The van der Waals surface area contributed by atoms with Gasteiger partial charge in [0, 0.05) is 12.2 Å². The van der Waals surface area contributed by atoms with E-state index in [4.69, 9.17) is 0 Å². The first-order valence-corrected chi connectivity index (χ1v) is 6.35. The normalized spacial score (nSPS) is 9.85. The maximum absolute atomic E-state index is 11.7. The first-order valence-electron chi connectivity index (χ1n) is 6.35. The number of para-hydroxylation sites is 1. The van der Waals surface area contributed by atoms with Gasteiger partial charge >= 0.3 is 11.8 Å². The van der Waals surface area contributed by atoms with Crippen LogP contribution in [0.1, 0.15) is 11.1 Å². The first kappa shape index (κ1) is 13.8. The zero-order valence-electron chi connectivity index (χ0n) is 11.2. The molecule has 4 nitrogen and oxygen atoms in total. The average Bonchev–Trinajstić information content (AvgIpc) is 2.46. The molecule has 2 rings (SSSR count). The van der Waals surface area contributed by atoms with Crippen LogP contribution in [0.5, 0.6) is 0 Å². The van der Waals surface area contributed by atoms with E-state index in [0.717, 1.165) is 11.1 Å². The molecule has 0 aliphatic carbocycles. The zero-order valence-corrected chi connectivity index (χ0v) is 11.2. The van der Waals surface area contributed by atoms with Gasteiger partial charge in [0.2, 0.25) is 0 Å². The van der Waals surface area contributed by atoms with Crippen LogP contribution in [0.2, 0.25) is 0 Å². The summed E-state index contributed by atoms with van der Waals surface area (Å²) in [6.07, 6.45) is 0. The molecule has 0 heterocycles. The van der Waals surface area contributed by atoms with Crippen LogP contribution in [0.25, 0.3) is 0 Å². The fourth-order valence-electron chi connectivity index (χ4n) is 1.79. The lowest BCUT2D eigenvalue weighted by Gasteiger charge is -2.07. The Morgan fingerprint density at radius 1 is 0.950 bits per heavy atom. The Morgan fingerprint density at radius 3 is 2.40 bits per heavy atom. The van der Waals surface area contributed by atoms with E-state index in [1.165, 1.54) is 0 Å². The van der Waals surface area contributed by atoms with Gasteiger partial charge in [0.25, 0.3) is 0 Å². The van der Waals surface area contributed by atoms with Crippen molar-refractivity contribution in [2.24, 2.45) is 0 Å². The first-order chi connectivity index (χ1) is 9.65. The predicted molar refractivity (Wildman–Crippen MR) is 78.1 cm³/mol. The van der Waals surface area contributed by atoms with E-state index < -0.39 is 11.8 Å². The van der Waals surface area contributed by atoms with Gasteiger partial charge in [-0.1, -0.05) is 48.0 Å². The molecule has 2 aromatic rings. The molecule has 0 aliphatic rings. The van der Waals surface area contributed by atoms with Crippen LogP contribution in [0, 0.1) is 6.92 Å². The van der Waals surface area contributed by atoms with Gasteiger partial charge in [-0.3, -0.25) is 9.59 Å². The Kier molecular flexibility index (Phi) is 4.50. The lowest BCUT2D eigenvalue weighted by molar-refractivity contribution is -0.136. The Labute approximate surface area is 117 Å². The third-order valence-corrected chi connectivity index (χ3v) is 2.77. The smallest absolute Gasteiger partial charge is 0.313 e. The Hall–Kier alpha value is -2.62. The van der Waals surface area contributed by atoms with E-state index in [9.17, 15) is 9.59 Å². The third-order valence-electron chi connectivity index (χ3n) is 2.77. The number of nitrogens with one attached hydrogen (secondary N) is 2. The summed E-state index contributed by atoms with van der Waals surface area (Å²) in [4.78, 5) is 23.4. The van der Waals surface area contributed by atoms with Crippen molar-refractivity contribution in [3.63, 3.8) is 0 Å². The number of aryl methyl sites for hydroxylation is 1. The maximum Gasteiger partial charge on any atom is 0.313 e. The molecule has 0 spiro atoms. The van der Waals surface area contributed by atoms with Crippen molar-refractivity contribution in [3.05, 3.63) is 65.7 Å². The van der Waals surface area contributed by atoms with Gasteiger partial charge < -0.3 is 10.6 Å². The molecule has 0 aromatic heterocycles. The molecule has 0 fully saturated rings. The van der Waals surface area contributed by atoms with Crippen LogP contribution in [0.15, 0.2) is 54.6 Å². The van der Waals surface area contributed by atoms with E-state index >= 15 is 0 Å². The monoisotopic (exact) mass is 268 g/mol. The molecule has 4 heteroatoms. The molecular weight excluding hydrogens is 252 g/mol. The van der Waals surface area contributed by atoms with Crippen LogP contribution >= 0.6 is 0 Å². The molecule has 0 unspecified atom stereocenters. The Bertz CT molecular complexity index is 609. The van der Waals surface area contributed by atoms with Crippen LogP contribution in [-0.2, 0) is 16.1 Å². The van der Waals surface area contributed by atoms with Crippen molar-refractivity contribution >= 4 is 17.5 Å². The van der Waals surface area contributed by atoms with Gasteiger partial charge in [0.05, 0.1) is 0 Å². The molecule has 0 radical (unpaired) electrons. The standard InChI is InChI=1S/C16H16N2O2/c1-12-6-5-7-13(10-12)11-17-15(19)16(20)18-14-8-3-2-4-9-14/h2-10H,11H2,1H3,(H,17,19)(H,18,20). The van der Waals surface area contributed by atoms with E-state index in [2.05, 4.69) is 10.6 Å². The van der Waals surface area contributed by atoms with Crippen molar-refractivity contribution in [3.8, 4) is 0 Å². The average molecular weight is 268 g/mol. The number of hydrogen-bond donors (Lipinski definition) is 2. The van der Waals surface area contributed by atoms with Gasteiger partial charge in [-0.2, -0.15) is 0 Å². The summed E-state index contributed by atoms with van der Waals surface area (Å²) >= 11 is 0.